The number of halogens is 3. The van der Waals surface area contributed by atoms with Crippen molar-refractivity contribution in [3.8, 4) is 0 Å². The molecule has 0 saturated heterocycles. The second kappa shape index (κ2) is 5.29. The Hall–Kier alpha value is -1.40. The highest BCUT2D eigenvalue weighted by molar-refractivity contribution is 5.97. The van der Waals surface area contributed by atoms with Crippen LogP contribution in [0, 0.1) is 11.3 Å². The fourth-order valence-electron chi connectivity index (χ4n) is 1.67. The number of hydrogen-bond acceptors (Lipinski definition) is 3. The Labute approximate surface area is 97.9 Å². The molecule has 4 nitrogen and oxygen atoms in total. The first-order chi connectivity index (χ1) is 7.88. The summed E-state index contributed by atoms with van der Waals surface area (Å²) >= 11 is 0. The van der Waals surface area contributed by atoms with Crippen molar-refractivity contribution in [3.05, 3.63) is 11.4 Å². The normalized spacial score (nSPS) is 20.4. The fraction of sp³-hybridized carbons (Fsp3) is 0.700. The van der Waals surface area contributed by atoms with Crippen LogP contribution < -0.4 is 16.4 Å². The Balaban J connectivity index is 2.72. The van der Waals surface area contributed by atoms with E-state index < -0.39 is 12.1 Å². The van der Waals surface area contributed by atoms with Gasteiger partial charge in [0.1, 0.15) is 17.6 Å². The van der Waals surface area contributed by atoms with Gasteiger partial charge in [-0.1, -0.05) is 13.3 Å². The minimum absolute atomic E-state index is 0.0543. The van der Waals surface area contributed by atoms with Gasteiger partial charge in [-0.25, -0.2) is 0 Å². The van der Waals surface area contributed by atoms with E-state index in [2.05, 4.69) is 10.6 Å². The summed E-state index contributed by atoms with van der Waals surface area (Å²) in [6, 6.07) is 0. The maximum absolute atomic E-state index is 12.7. The van der Waals surface area contributed by atoms with Crippen LogP contribution in [-0.2, 0) is 0 Å². The zero-order chi connectivity index (χ0) is 13.1. The molecule has 0 aromatic carbocycles. The van der Waals surface area contributed by atoms with Gasteiger partial charge in [0.25, 0.3) is 0 Å². The third kappa shape index (κ3) is 3.28. The molecule has 0 amide bonds. The molecule has 17 heavy (non-hydrogen) atoms. The van der Waals surface area contributed by atoms with E-state index in [1.807, 2.05) is 6.92 Å². The quantitative estimate of drug-likeness (QED) is 0.345. The largest absolute Gasteiger partial charge is 0.397 e. The Kier molecular flexibility index (Phi) is 4.25. The van der Waals surface area contributed by atoms with Gasteiger partial charge >= 0.3 is 6.18 Å². The first-order valence-corrected chi connectivity index (χ1v) is 5.51. The van der Waals surface area contributed by atoms with Gasteiger partial charge in [-0.05, 0) is 6.42 Å². The predicted octanol–water partition coefficient (Wildman–Crippen LogP) is 1.31. The molecule has 98 valence electrons. The van der Waals surface area contributed by atoms with E-state index in [-0.39, 0.29) is 23.8 Å². The highest BCUT2D eigenvalue weighted by Crippen LogP contribution is 2.34. The van der Waals surface area contributed by atoms with E-state index in [0.717, 1.165) is 12.8 Å². The lowest BCUT2D eigenvalue weighted by molar-refractivity contribution is -0.159. The van der Waals surface area contributed by atoms with Crippen LogP contribution in [0.15, 0.2) is 11.4 Å². The van der Waals surface area contributed by atoms with Crippen LogP contribution in [0.25, 0.3) is 0 Å². The topological polar surface area (TPSA) is 73.9 Å². The van der Waals surface area contributed by atoms with Crippen LogP contribution in [0.5, 0.6) is 0 Å². The molecule has 0 aromatic rings. The summed E-state index contributed by atoms with van der Waals surface area (Å²) in [6.45, 7) is 2.16. The highest BCUT2D eigenvalue weighted by Gasteiger charge is 2.46. The number of hydrogen-bond donors (Lipinski definition) is 4. The number of nitrogens with one attached hydrogen (secondary N) is 3. The lowest BCUT2D eigenvalue weighted by Gasteiger charge is -2.18. The average Bonchev–Trinajstić information content (AvgIpc) is 2.60. The summed E-state index contributed by atoms with van der Waals surface area (Å²) in [5.74, 6) is -1.98. The second-order valence-corrected chi connectivity index (χ2v) is 3.96. The van der Waals surface area contributed by atoms with Crippen molar-refractivity contribution < 1.29 is 13.2 Å². The number of rotatable bonds is 4. The molecule has 1 unspecified atom stereocenters. The van der Waals surface area contributed by atoms with E-state index in [9.17, 15) is 13.2 Å². The monoisotopic (exact) mass is 250 g/mol. The maximum Gasteiger partial charge on any atom is 0.397 e. The van der Waals surface area contributed by atoms with Gasteiger partial charge in [-0.2, -0.15) is 13.2 Å². The summed E-state index contributed by atoms with van der Waals surface area (Å²) in [4.78, 5) is 0. The summed E-state index contributed by atoms with van der Waals surface area (Å²) < 4.78 is 38.0. The predicted molar refractivity (Wildman–Crippen MR) is 59.4 cm³/mol. The lowest BCUT2D eigenvalue weighted by Crippen LogP contribution is -2.35. The third-order valence-electron chi connectivity index (χ3n) is 2.63. The van der Waals surface area contributed by atoms with Crippen LogP contribution in [0.2, 0.25) is 0 Å². The van der Waals surface area contributed by atoms with Gasteiger partial charge in [0.2, 0.25) is 0 Å². The SMILES string of the molecule is CCCCNC(=N)C1=C(N)NCC1C(F)(F)F. The minimum atomic E-state index is -4.37. The Morgan fingerprint density at radius 1 is 1.59 bits per heavy atom. The van der Waals surface area contributed by atoms with Gasteiger partial charge in [0.05, 0.1) is 0 Å². The molecule has 1 rings (SSSR count). The number of unbranched alkanes of at least 4 members (excludes halogenated alkanes) is 1. The van der Waals surface area contributed by atoms with Crippen LogP contribution in [0.3, 0.4) is 0 Å². The molecule has 5 N–H and O–H groups in total. The summed E-state index contributed by atoms with van der Waals surface area (Å²) in [6.07, 6.45) is -2.66. The molecule has 0 bridgehead atoms. The van der Waals surface area contributed by atoms with Gasteiger partial charge in [0.15, 0.2) is 0 Å². The zero-order valence-electron chi connectivity index (χ0n) is 9.62. The van der Waals surface area contributed by atoms with E-state index >= 15 is 0 Å². The molecule has 0 saturated carbocycles. The van der Waals surface area contributed by atoms with Gasteiger partial charge in [0, 0.05) is 18.7 Å². The molecule has 0 aromatic heterocycles. The van der Waals surface area contributed by atoms with Crippen molar-refractivity contribution in [1.29, 1.82) is 5.41 Å². The molecule has 1 atom stereocenters. The van der Waals surface area contributed by atoms with Gasteiger partial charge in [-0.3, -0.25) is 5.41 Å². The standard InChI is InChI=1S/C10H17F3N4/c1-2-3-4-16-8(14)7-6(10(11,12)13)5-17-9(7)15/h6,17H,2-5,15H2,1H3,(H2,14,16). The number of amidine groups is 1. The summed E-state index contributed by atoms with van der Waals surface area (Å²) in [7, 11) is 0. The van der Waals surface area contributed by atoms with Crippen LogP contribution in [0.4, 0.5) is 13.2 Å². The molecule has 1 heterocycles. The summed E-state index contributed by atoms with van der Waals surface area (Å²) in [5, 5.41) is 12.7. The van der Waals surface area contributed by atoms with Gasteiger partial charge in [-0.15, -0.1) is 0 Å². The Bertz CT molecular complexity index is 322. The Morgan fingerprint density at radius 3 is 2.76 bits per heavy atom. The smallest absolute Gasteiger partial charge is 0.385 e. The number of alkyl halides is 3. The molecule has 1 aliphatic rings. The van der Waals surface area contributed by atoms with E-state index in [4.69, 9.17) is 11.1 Å². The second-order valence-electron chi connectivity index (χ2n) is 3.96. The van der Waals surface area contributed by atoms with Crippen LogP contribution >= 0.6 is 0 Å². The lowest BCUT2D eigenvalue weighted by atomic mass is 10.00. The van der Waals surface area contributed by atoms with E-state index in [1.165, 1.54) is 0 Å². The van der Waals surface area contributed by atoms with Crippen LogP contribution in [0.1, 0.15) is 19.8 Å². The van der Waals surface area contributed by atoms with Crippen molar-refractivity contribution in [2.45, 2.75) is 25.9 Å². The maximum atomic E-state index is 12.7. The molecule has 0 radical (unpaired) electrons. The summed E-state index contributed by atoms with van der Waals surface area (Å²) in [5.41, 5.74) is 5.29. The third-order valence-corrected chi connectivity index (χ3v) is 2.63. The van der Waals surface area contributed by atoms with Crippen LogP contribution in [-0.4, -0.2) is 25.1 Å². The molecule has 0 spiro atoms. The molecule has 7 heteroatoms. The van der Waals surface area contributed by atoms with Crippen molar-refractivity contribution in [2.24, 2.45) is 11.7 Å². The first kappa shape index (κ1) is 13.7. The first-order valence-electron chi connectivity index (χ1n) is 5.51. The molecule has 0 aliphatic carbocycles. The molecule has 0 fully saturated rings. The fourth-order valence-corrected chi connectivity index (χ4v) is 1.67. The van der Waals surface area contributed by atoms with E-state index in [1.54, 1.807) is 0 Å². The molecular weight excluding hydrogens is 233 g/mol. The van der Waals surface area contributed by atoms with Crippen molar-refractivity contribution >= 4 is 5.84 Å². The molecular formula is C10H17F3N4. The van der Waals surface area contributed by atoms with Crippen molar-refractivity contribution in [3.63, 3.8) is 0 Å². The minimum Gasteiger partial charge on any atom is -0.385 e. The average molecular weight is 250 g/mol. The van der Waals surface area contributed by atoms with Crippen molar-refractivity contribution in [2.75, 3.05) is 13.1 Å². The zero-order valence-corrected chi connectivity index (χ0v) is 9.62. The van der Waals surface area contributed by atoms with Gasteiger partial charge < -0.3 is 16.4 Å². The molecule has 1 aliphatic heterocycles. The number of nitrogens with two attached hydrogens (primary N) is 1. The Morgan fingerprint density at radius 2 is 2.24 bits per heavy atom. The van der Waals surface area contributed by atoms with Crippen molar-refractivity contribution in [1.82, 2.24) is 10.6 Å². The van der Waals surface area contributed by atoms with E-state index in [0.29, 0.717) is 6.54 Å². The highest BCUT2D eigenvalue weighted by atomic mass is 19.4.